The highest BCUT2D eigenvalue weighted by Crippen LogP contribution is 2.22. The Balaban J connectivity index is 2.72. The van der Waals surface area contributed by atoms with Crippen LogP contribution in [0.3, 0.4) is 0 Å². The third-order valence-corrected chi connectivity index (χ3v) is 4.00. The smallest absolute Gasteiger partial charge is 0.225 e. The summed E-state index contributed by atoms with van der Waals surface area (Å²) in [6.07, 6.45) is 0.958. The van der Waals surface area contributed by atoms with E-state index < -0.39 is 10.0 Å². The Bertz CT molecular complexity index is 719. The third-order valence-electron chi connectivity index (χ3n) is 2.96. The molecular weight excluding hydrogens is 278 g/mol. The molecule has 108 valence electrons. The van der Waals surface area contributed by atoms with Crippen LogP contribution in [0.15, 0.2) is 17.0 Å². The number of hydrogen-bond acceptors (Lipinski definition) is 5. The van der Waals surface area contributed by atoms with Crippen molar-refractivity contribution in [2.24, 2.45) is 5.14 Å². The highest BCUT2D eigenvalue weighted by Gasteiger charge is 2.25. The van der Waals surface area contributed by atoms with E-state index in [1.165, 1.54) is 4.68 Å². The van der Waals surface area contributed by atoms with Crippen LogP contribution in [0.25, 0.3) is 5.82 Å². The highest BCUT2D eigenvalue weighted by molar-refractivity contribution is 7.89. The molecule has 2 heterocycles. The Hall–Kier alpha value is -1.80. The van der Waals surface area contributed by atoms with Crippen LogP contribution in [-0.4, -0.2) is 28.4 Å². The number of hydrogen-bond donors (Lipinski definition) is 1. The van der Waals surface area contributed by atoms with Gasteiger partial charge < -0.3 is 0 Å². The zero-order valence-electron chi connectivity index (χ0n) is 11.7. The molecule has 20 heavy (non-hydrogen) atoms. The molecule has 0 bridgehead atoms. The lowest BCUT2D eigenvalue weighted by molar-refractivity contribution is 0.595. The number of sulfonamides is 1. The topological polar surface area (TPSA) is 104 Å². The summed E-state index contributed by atoms with van der Waals surface area (Å²) in [5.74, 6) is 0.483. The molecule has 0 aliphatic heterocycles. The molecule has 2 rings (SSSR count). The second-order valence-corrected chi connectivity index (χ2v) is 5.92. The SMILES string of the molecule is CCc1nn(-c2ccc(C)nn2)c(CC)c1S(N)(=O)=O. The zero-order chi connectivity index (χ0) is 14.9. The Labute approximate surface area is 117 Å². The molecule has 8 heteroatoms. The molecule has 0 aromatic carbocycles. The maximum absolute atomic E-state index is 11.8. The molecule has 0 atom stereocenters. The molecule has 0 amide bonds. The fraction of sp³-hybridized carbons (Fsp3) is 0.417. The minimum Gasteiger partial charge on any atom is -0.225 e. The summed E-state index contributed by atoms with van der Waals surface area (Å²) in [5.41, 5.74) is 1.76. The van der Waals surface area contributed by atoms with Gasteiger partial charge in [-0.1, -0.05) is 13.8 Å². The first kappa shape index (κ1) is 14.6. The van der Waals surface area contributed by atoms with Crippen LogP contribution in [0.4, 0.5) is 0 Å². The van der Waals surface area contributed by atoms with Crippen molar-refractivity contribution in [1.29, 1.82) is 0 Å². The van der Waals surface area contributed by atoms with Crippen molar-refractivity contribution in [2.45, 2.75) is 38.5 Å². The van der Waals surface area contributed by atoms with Crippen LogP contribution in [0.5, 0.6) is 0 Å². The standard InChI is InChI=1S/C12H17N5O2S/c1-4-9-12(20(13,18)19)10(5-2)17(16-9)11-7-6-8(3)14-15-11/h6-7H,4-5H2,1-3H3,(H2,13,18,19). The van der Waals surface area contributed by atoms with Crippen LogP contribution in [-0.2, 0) is 22.9 Å². The van der Waals surface area contributed by atoms with Gasteiger partial charge in [-0.15, -0.1) is 5.10 Å². The molecule has 0 fully saturated rings. The molecule has 0 aliphatic carbocycles. The molecule has 0 saturated carbocycles. The lowest BCUT2D eigenvalue weighted by Crippen LogP contribution is -2.16. The summed E-state index contributed by atoms with van der Waals surface area (Å²) in [7, 11) is -3.82. The van der Waals surface area contributed by atoms with Gasteiger partial charge in [0.05, 0.1) is 17.1 Å². The van der Waals surface area contributed by atoms with Gasteiger partial charge in [-0.2, -0.15) is 10.2 Å². The molecule has 2 aromatic heterocycles. The molecule has 0 aliphatic rings. The summed E-state index contributed by atoms with van der Waals surface area (Å²) < 4.78 is 25.1. The average Bonchev–Trinajstić information content (AvgIpc) is 2.78. The molecular formula is C12H17N5O2S. The van der Waals surface area contributed by atoms with E-state index in [2.05, 4.69) is 15.3 Å². The van der Waals surface area contributed by atoms with Gasteiger partial charge in [0.25, 0.3) is 0 Å². The number of rotatable bonds is 4. The first-order chi connectivity index (χ1) is 9.38. The molecule has 7 nitrogen and oxygen atoms in total. The minimum atomic E-state index is -3.82. The number of nitrogens with zero attached hydrogens (tertiary/aromatic N) is 4. The fourth-order valence-corrected chi connectivity index (χ4v) is 3.13. The predicted molar refractivity (Wildman–Crippen MR) is 74.0 cm³/mol. The van der Waals surface area contributed by atoms with Crippen LogP contribution in [0.1, 0.15) is 30.9 Å². The van der Waals surface area contributed by atoms with Gasteiger partial charge in [0, 0.05) is 0 Å². The van der Waals surface area contributed by atoms with Crippen molar-refractivity contribution in [1.82, 2.24) is 20.0 Å². The van der Waals surface area contributed by atoms with Crippen molar-refractivity contribution in [3.05, 3.63) is 29.2 Å². The Morgan fingerprint density at radius 3 is 2.35 bits per heavy atom. The molecule has 0 radical (unpaired) electrons. The normalized spacial score (nSPS) is 11.8. The van der Waals surface area contributed by atoms with Crippen molar-refractivity contribution < 1.29 is 8.42 Å². The van der Waals surface area contributed by atoms with Gasteiger partial charge in [-0.3, -0.25) is 0 Å². The van der Waals surface area contributed by atoms with Crippen molar-refractivity contribution in [3.63, 3.8) is 0 Å². The Kier molecular flexibility index (Phi) is 3.87. The third kappa shape index (κ3) is 2.56. The van der Waals surface area contributed by atoms with E-state index in [4.69, 9.17) is 5.14 Å². The number of primary sulfonamides is 1. The van der Waals surface area contributed by atoms with Gasteiger partial charge in [-0.25, -0.2) is 18.2 Å². The quantitative estimate of drug-likeness (QED) is 0.896. The number of nitrogens with two attached hydrogens (primary N) is 1. The molecule has 0 saturated heterocycles. The first-order valence-electron chi connectivity index (χ1n) is 6.32. The van der Waals surface area contributed by atoms with Crippen molar-refractivity contribution in [3.8, 4) is 5.82 Å². The zero-order valence-corrected chi connectivity index (χ0v) is 12.5. The maximum atomic E-state index is 11.8. The molecule has 2 N–H and O–H groups in total. The predicted octanol–water partition coefficient (Wildman–Crippen LogP) is 0.743. The lowest BCUT2D eigenvalue weighted by atomic mass is 10.2. The second-order valence-electron chi connectivity index (χ2n) is 4.42. The summed E-state index contributed by atoms with van der Waals surface area (Å²) in [6, 6.07) is 3.55. The fourth-order valence-electron chi connectivity index (χ4n) is 2.05. The van der Waals surface area contributed by atoms with Crippen molar-refractivity contribution in [2.75, 3.05) is 0 Å². The van der Waals surface area contributed by atoms with E-state index in [1.807, 2.05) is 20.8 Å². The van der Waals surface area contributed by atoms with Gasteiger partial charge in [0.2, 0.25) is 10.0 Å². The summed E-state index contributed by atoms with van der Waals surface area (Å²) in [4.78, 5) is 0.102. The van der Waals surface area contributed by atoms with Crippen LogP contribution in [0.2, 0.25) is 0 Å². The monoisotopic (exact) mass is 295 g/mol. The van der Waals surface area contributed by atoms with E-state index in [0.717, 1.165) is 5.69 Å². The minimum absolute atomic E-state index is 0.102. The van der Waals surface area contributed by atoms with E-state index >= 15 is 0 Å². The first-order valence-corrected chi connectivity index (χ1v) is 7.87. The molecule has 0 unspecified atom stereocenters. The largest absolute Gasteiger partial charge is 0.241 e. The van der Waals surface area contributed by atoms with Gasteiger partial charge in [0.15, 0.2) is 5.82 Å². The Morgan fingerprint density at radius 1 is 1.20 bits per heavy atom. The van der Waals surface area contributed by atoms with E-state index in [1.54, 1.807) is 12.1 Å². The van der Waals surface area contributed by atoms with Crippen LogP contribution < -0.4 is 5.14 Å². The second kappa shape index (κ2) is 5.29. The van der Waals surface area contributed by atoms with E-state index in [9.17, 15) is 8.42 Å². The summed E-state index contributed by atoms with van der Waals surface area (Å²) in [6.45, 7) is 5.51. The van der Waals surface area contributed by atoms with Crippen LogP contribution >= 0.6 is 0 Å². The number of aromatic nitrogens is 4. The van der Waals surface area contributed by atoms with Gasteiger partial charge >= 0.3 is 0 Å². The summed E-state index contributed by atoms with van der Waals surface area (Å²) >= 11 is 0. The summed E-state index contributed by atoms with van der Waals surface area (Å²) in [5, 5.41) is 17.6. The average molecular weight is 295 g/mol. The Morgan fingerprint density at radius 2 is 1.90 bits per heavy atom. The lowest BCUT2D eigenvalue weighted by Gasteiger charge is -2.05. The number of aryl methyl sites for hydroxylation is 2. The van der Waals surface area contributed by atoms with Gasteiger partial charge in [0.1, 0.15) is 4.90 Å². The van der Waals surface area contributed by atoms with Crippen molar-refractivity contribution >= 4 is 10.0 Å². The highest BCUT2D eigenvalue weighted by atomic mass is 32.2. The van der Waals surface area contributed by atoms with Crippen LogP contribution in [0, 0.1) is 6.92 Å². The maximum Gasteiger partial charge on any atom is 0.241 e. The van der Waals surface area contributed by atoms with Gasteiger partial charge in [-0.05, 0) is 31.9 Å². The van der Waals surface area contributed by atoms with E-state index in [0.29, 0.717) is 30.0 Å². The van der Waals surface area contributed by atoms with E-state index in [-0.39, 0.29) is 4.90 Å². The molecule has 2 aromatic rings. The molecule has 0 spiro atoms.